The monoisotopic (exact) mass is 485 g/mol. The Morgan fingerprint density at radius 2 is 1.80 bits per heavy atom. The van der Waals surface area contributed by atoms with Crippen LogP contribution in [0.25, 0.3) is 11.0 Å². The number of anilines is 2. The van der Waals surface area contributed by atoms with E-state index < -0.39 is 22.8 Å². The second kappa shape index (κ2) is 7.19. The van der Waals surface area contributed by atoms with Crippen molar-refractivity contribution in [1.29, 1.82) is 0 Å². The largest absolute Gasteiger partial charge is 0.450 e. The predicted octanol–water partition coefficient (Wildman–Crippen LogP) is 4.03. The number of carbonyl (C=O) groups excluding carboxylic acids is 3. The summed E-state index contributed by atoms with van der Waals surface area (Å²) in [6.45, 7) is 5.27. The molecule has 2 aromatic heterocycles. The number of aryl methyl sites for hydroxylation is 1. The van der Waals surface area contributed by atoms with E-state index in [2.05, 4.69) is 4.98 Å². The predicted molar refractivity (Wildman–Crippen MR) is 131 cm³/mol. The Kier molecular flexibility index (Phi) is 4.40. The molecule has 9 heteroatoms. The van der Waals surface area contributed by atoms with Gasteiger partial charge in [0.2, 0.25) is 5.76 Å². The molecule has 2 aliphatic rings. The summed E-state index contributed by atoms with van der Waals surface area (Å²) in [6.07, 6.45) is 0. The molecule has 35 heavy (non-hydrogen) atoms. The SMILES string of the molecule is CCN1C(=O)C2(c3ccccc31)c1c(oc3ccccc3c1=O)C(=O)N2c1nc(C)c(C(C)=O)s1. The average Bonchev–Trinajstić information content (AvgIpc) is 3.43. The van der Waals surface area contributed by atoms with E-state index in [1.165, 1.54) is 11.8 Å². The molecule has 0 N–H and O–H groups in total. The van der Waals surface area contributed by atoms with Gasteiger partial charge in [0.25, 0.3) is 11.8 Å². The van der Waals surface area contributed by atoms with Gasteiger partial charge in [-0.2, -0.15) is 0 Å². The number of fused-ring (bicyclic) bond motifs is 5. The highest BCUT2D eigenvalue weighted by molar-refractivity contribution is 7.17. The average molecular weight is 486 g/mol. The summed E-state index contributed by atoms with van der Waals surface area (Å²) in [7, 11) is 0. The van der Waals surface area contributed by atoms with Crippen LogP contribution < -0.4 is 15.2 Å². The van der Waals surface area contributed by atoms with Crippen molar-refractivity contribution in [2.75, 3.05) is 16.3 Å². The second-order valence-corrected chi connectivity index (χ2v) is 9.49. The van der Waals surface area contributed by atoms with Crippen LogP contribution >= 0.6 is 11.3 Å². The fraction of sp³-hybridized carbons (Fsp3) is 0.192. The Bertz CT molecular complexity index is 1670. The zero-order valence-corrected chi connectivity index (χ0v) is 19.9. The number of aromatic nitrogens is 1. The third-order valence-electron chi connectivity index (χ3n) is 6.64. The van der Waals surface area contributed by atoms with Gasteiger partial charge in [0, 0.05) is 19.0 Å². The van der Waals surface area contributed by atoms with Crippen LogP contribution in [0.3, 0.4) is 0 Å². The number of amides is 2. The van der Waals surface area contributed by atoms with Crippen molar-refractivity contribution in [3.8, 4) is 0 Å². The molecule has 6 rings (SSSR count). The Hall–Kier alpha value is -4.11. The van der Waals surface area contributed by atoms with E-state index >= 15 is 0 Å². The minimum absolute atomic E-state index is 0.0215. The van der Waals surface area contributed by atoms with E-state index in [-0.39, 0.29) is 33.2 Å². The summed E-state index contributed by atoms with van der Waals surface area (Å²) >= 11 is 1.03. The van der Waals surface area contributed by atoms with Gasteiger partial charge in [-0.3, -0.25) is 24.1 Å². The lowest BCUT2D eigenvalue weighted by molar-refractivity contribution is -0.121. The Morgan fingerprint density at radius 3 is 2.51 bits per heavy atom. The molecule has 2 aromatic carbocycles. The van der Waals surface area contributed by atoms with Gasteiger partial charge >= 0.3 is 0 Å². The molecular weight excluding hydrogens is 466 g/mol. The van der Waals surface area contributed by atoms with E-state index in [1.54, 1.807) is 60.4 Å². The maximum Gasteiger partial charge on any atom is 0.297 e. The van der Waals surface area contributed by atoms with Crippen molar-refractivity contribution in [3.05, 3.63) is 86.2 Å². The number of benzene rings is 2. The number of hydrogen-bond acceptors (Lipinski definition) is 7. The van der Waals surface area contributed by atoms with E-state index in [0.717, 1.165) is 11.3 Å². The smallest absolute Gasteiger partial charge is 0.297 e. The minimum atomic E-state index is -1.79. The molecule has 8 nitrogen and oxygen atoms in total. The highest BCUT2D eigenvalue weighted by Gasteiger charge is 2.66. The molecule has 0 saturated carbocycles. The van der Waals surface area contributed by atoms with Crippen LogP contribution in [0.1, 0.15) is 50.9 Å². The molecule has 0 radical (unpaired) electrons. The number of rotatable bonds is 3. The minimum Gasteiger partial charge on any atom is -0.450 e. The molecule has 0 bridgehead atoms. The number of nitrogens with zero attached hydrogens (tertiary/aromatic N) is 3. The first-order valence-electron chi connectivity index (χ1n) is 11.1. The summed E-state index contributed by atoms with van der Waals surface area (Å²) < 4.78 is 6.00. The summed E-state index contributed by atoms with van der Waals surface area (Å²) in [5, 5.41) is 0.439. The lowest BCUT2D eigenvalue weighted by atomic mass is 9.84. The number of ketones is 1. The third kappa shape index (κ3) is 2.53. The van der Waals surface area contributed by atoms with Gasteiger partial charge in [-0.25, -0.2) is 4.98 Å². The van der Waals surface area contributed by atoms with Crippen LogP contribution in [-0.2, 0) is 10.3 Å². The van der Waals surface area contributed by atoms with Crippen LogP contribution in [0.2, 0.25) is 0 Å². The van der Waals surface area contributed by atoms with Gasteiger partial charge in [0.15, 0.2) is 21.9 Å². The fourth-order valence-corrected chi connectivity index (χ4v) is 6.24. The van der Waals surface area contributed by atoms with E-state index in [1.807, 2.05) is 6.92 Å². The van der Waals surface area contributed by atoms with Gasteiger partial charge in [-0.05, 0) is 32.0 Å². The molecule has 1 atom stereocenters. The number of Topliss-reactive ketones (excluding diaryl/α,β-unsaturated/α-hetero) is 1. The van der Waals surface area contributed by atoms with Crippen LogP contribution in [0.5, 0.6) is 0 Å². The number of carbonyl (C=O) groups is 3. The maximum atomic E-state index is 14.3. The number of para-hydroxylation sites is 2. The van der Waals surface area contributed by atoms with Crippen LogP contribution in [-0.4, -0.2) is 29.1 Å². The number of hydrogen-bond donors (Lipinski definition) is 0. The standard InChI is InChI=1S/C26H19N3O5S/c1-4-28-17-11-7-6-10-16(17)26(24(28)33)19-20(31)15-9-5-8-12-18(15)34-21(19)23(32)29(26)25-27-13(2)22(35-25)14(3)30/h5-12H,4H2,1-3H3. The summed E-state index contributed by atoms with van der Waals surface area (Å²) in [4.78, 5) is 62.2. The van der Waals surface area contributed by atoms with Gasteiger partial charge < -0.3 is 9.32 Å². The topological polar surface area (TPSA) is 101 Å². The fourth-order valence-electron chi connectivity index (χ4n) is 5.23. The van der Waals surface area contributed by atoms with Crippen molar-refractivity contribution in [2.24, 2.45) is 0 Å². The first-order valence-corrected chi connectivity index (χ1v) is 11.9. The van der Waals surface area contributed by atoms with Gasteiger partial charge in [-0.1, -0.05) is 41.7 Å². The third-order valence-corrected chi connectivity index (χ3v) is 7.89. The van der Waals surface area contributed by atoms with Crippen LogP contribution in [0.4, 0.5) is 10.8 Å². The van der Waals surface area contributed by atoms with Crippen molar-refractivity contribution in [1.82, 2.24) is 4.98 Å². The van der Waals surface area contributed by atoms with Crippen LogP contribution in [0, 0.1) is 6.92 Å². The van der Waals surface area contributed by atoms with Crippen molar-refractivity contribution < 1.29 is 18.8 Å². The second-order valence-electron chi connectivity index (χ2n) is 8.52. The first-order chi connectivity index (χ1) is 16.8. The molecular formula is C26H19N3O5S. The Balaban J connectivity index is 1.78. The van der Waals surface area contributed by atoms with Gasteiger partial charge in [0.1, 0.15) is 5.58 Å². The quantitative estimate of drug-likeness (QED) is 0.406. The van der Waals surface area contributed by atoms with Crippen molar-refractivity contribution in [3.63, 3.8) is 0 Å². The maximum absolute atomic E-state index is 14.3. The molecule has 2 aliphatic heterocycles. The van der Waals surface area contributed by atoms with Gasteiger partial charge in [-0.15, -0.1) is 0 Å². The molecule has 0 saturated heterocycles. The molecule has 1 unspecified atom stereocenters. The molecule has 0 fully saturated rings. The van der Waals surface area contributed by atoms with E-state index in [0.29, 0.717) is 28.4 Å². The Labute approximate surface area is 203 Å². The molecule has 4 aromatic rings. The lowest BCUT2D eigenvalue weighted by Gasteiger charge is -2.32. The number of likely N-dealkylation sites (N-methyl/N-ethyl adjacent to an activating group) is 1. The molecule has 0 aliphatic carbocycles. The Morgan fingerprint density at radius 1 is 1.09 bits per heavy atom. The first kappa shape index (κ1) is 21.4. The molecule has 1 spiro atoms. The molecule has 4 heterocycles. The van der Waals surface area contributed by atoms with E-state index in [9.17, 15) is 19.2 Å². The zero-order chi connectivity index (χ0) is 24.6. The van der Waals surface area contributed by atoms with E-state index in [4.69, 9.17) is 4.42 Å². The number of thiazole rings is 1. The normalized spacial score (nSPS) is 18.6. The highest BCUT2D eigenvalue weighted by Crippen LogP contribution is 2.54. The summed E-state index contributed by atoms with van der Waals surface area (Å²) in [6, 6.07) is 13.8. The van der Waals surface area contributed by atoms with Crippen molar-refractivity contribution >= 4 is 50.7 Å². The van der Waals surface area contributed by atoms with Gasteiger partial charge in [0.05, 0.1) is 27.2 Å². The summed E-state index contributed by atoms with van der Waals surface area (Å²) in [5.74, 6) is -1.47. The summed E-state index contributed by atoms with van der Waals surface area (Å²) in [5.41, 5.74) is -0.441. The van der Waals surface area contributed by atoms with Crippen LogP contribution in [0.15, 0.2) is 57.7 Å². The highest BCUT2D eigenvalue weighted by atomic mass is 32.1. The van der Waals surface area contributed by atoms with Crippen molar-refractivity contribution in [2.45, 2.75) is 26.3 Å². The molecule has 2 amide bonds. The lowest BCUT2D eigenvalue weighted by Crippen LogP contribution is -2.53. The zero-order valence-electron chi connectivity index (χ0n) is 19.1. The molecule has 174 valence electrons.